The van der Waals surface area contributed by atoms with Gasteiger partial charge in [-0.05, 0) is 67.7 Å². The van der Waals surface area contributed by atoms with Crippen molar-refractivity contribution in [2.45, 2.75) is 135 Å². The summed E-state index contributed by atoms with van der Waals surface area (Å²) < 4.78 is 5.69. The van der Waals surface area contributed by atoms with Crippen molar-refractivity contribution in [3.8, 4) is 5.75 Å². The molecular formula is C36H60N2O6S. The molecule has 0 aliphatic heterocycles. The molecule has 8 nitrogen and oxygen atoms in total. The van der Waals surface area contributed by atoms with Crippen molar-refractivity contribution < 1.29 is 29.3 Å². The first-order valence-electron chi connectivity index (χ1n) is 17.2. The lowest BCUT2D eigenvalue weighted by atomic mass is 9.81. The molecule has 0 aliphatic rings. The lowest BCUT2D eigenvalue weighted by molar-refractivity contribution is -0.167. The van der Waals surface area contributed by atoms with Gasteiger partial charge in [0.15, 0.2) is 5.60 Å². The Morgan fingerprint density at radius 2 is 1.49 bits per heavy atom. The Morgan fingerprint density at radius 3 is 2.07 bits per heavy atom. The Morgan fingerprint density at radius 1 is 0.889 bits per heavy atom. The molecular weight excluding hydrogens is 588 g/mol. The normalized spacial score (nSPS) is 14.1. The van der Waals surface area contributed by atoms with E-state index in [0.717, 1.165) is 37.7 Å². The second-order valence-electron chi connectivity index (χ2n) is 12.0. The van der Waals surface area contributed by atoms with Crippen molar-refractivity contribution in [2.75, 3.05) is 18.1 Å². The van der Waals surface area contributed by atoms with Crippen molar-refractivity contribution in [2.24, 2.45) is 11.7 Å². The number of thioether (sulfide) groups is 1. The summed E-state index contributed by atoms with van der Waals surface area (Å²) in [5.41, 5.74) is 4.11. The van der Waals surface area contributed by atoms with E-state index in [4.69, 9.17) is 10.5 Å². The van der Waals surface area contributed by atoms with Crippen molar-refractivity contribution in [1.82, 2.24) is 5.32 Å². The highest BCUT2D eigenvalue weighted by molar-refractivity contribution is 7.99. The van der Waals surface area contributed by atoms with Crippen LogP contribution in [0.2, 0.25) is 0 Å². The lowest BCUT2D eigenvalue weighted by Gasteiger charge is -2.31. The molecule has 0 aliphatic carbocycles. The van der Waals surface area contributed by atoms with Gasteiger partial charge in [0.05, 0.1) is 12.5 Å². The topological polar surface area (TPSA) is 139 Å². The number of aliphatic carboxylic acids is 1. The van der Waals surface area contributed by atoms with Crippen LogP contribution in [0.5, 0.6) is 5.75 Å². The molecule has 0 heterocycles. The number of nitrogens with two attached hydrogens (primary N) is 1. The maximum atomic E-state index is 13.5. The van der Waals surface area contributed by atoms with E-state index in [0.29, 0.717) is 31.6 Å². The summed E-state index contributed by atoms with van der Waals surface area (Å²) in [5, 5.41) is 23.9. The molecule has 45 heavy (non-hydrogen) atoms. The fraction of sp³-hybridized carbons (Fsp3) is 0.694. The Labute approximate surface area is 276 Å². The highest BCUT2D eigenvalue weighted by atomic mass is 32.2. The Bertz CT molecular complexity index is 986. The van der Waals surface area contributed by atoms with Crippen LogP contribution in [0.3, 0.4) is 0 Å². The maximum Gasteiger partial charge on any atom is 0.336 e. The van der Waals surface area contributed by atoms with E-state index in [1.54, 1.807) is 18.2 Å². The zero-order valence-electron chi connectivity index (χ0n) is 28.1. The Kier molecular flexibility index (Phi) is 22.2. The number of unbranched alkanes of at least 4 members (excludes halogenated alkanes) is 10. The fourth-order valence-electron chi connectivity index (χ4n) is 5.04. The first-order chi connectivity index (χ1) is 21.7. The van der Waals surface area contributed by atoms with Crippen LogP contribution in [0, 0.1) is 5.92 Å². The molecule has 1 aromatic carbocycles. The molecule has 2 amide bonds. The van der Waals surface area contributed by atoms with Crippen LogP contribution in [-0.4, -0.2) is 57.8 Å². The number of carbonyl (C=O) groups excluding carboxylic acids is 2. The van der Waals surface area contributed by atoms with Gasteiger partial charge in [-0.3, -0.25) is 9.59 Å². The van der Waals surface area contributed by atoms with Gasteiger partial charge in [0.1, 0.15) is 11.8 Å². The molecule has 0 unspecified atom stereocenters. The third-order valence-corrected chi connectivity index (χ3v) is 9.15. The van der Waals surface area contributed by atoms with E-state index in [-0.39, 0.29) is 12.8 Å². The molecule has 1 rings (SSSR count). The summed E-state index contributed by atoms with van der Waals surface area (Å²) in [6, 6.07) is 6.15. The fourth-order valence-corrected chi connectivity index (χ4v) is 6.06. The third-order valence-electron chi connectivity index (χ3n) is 8.00. The lowest BCUT2D eigenvalue weighted by Crippen LogP contribution is -2.55. The zero-order chi connectivity index (χ0) is 33.3. The van der Waals surface area contributed by atoms with E-state index in [1.165, 1.54) is 56.1 Å². The number of hydrogen-bond donors (Lipinski definition) is 4. The summed E-state index contributed by atoms with van der Waals surface area (Å²) in [5.74, 6) is -1.18. The van der Waals surface area contributed by atoms with Crippen LogP contribution in [0.4, 0.5) is 0 Å². The van der Waals surface area contributed by atoms with Crippen molar-refractivity contribution in [3.63, 3.8) is 0 Å². The maximum absolute atomic E-state index is 13.5. The van der Waals surface area contributed by atoms with E-state index in [2.05, 4.69) is 19.2 Å². The molecule has 0 saturated heterocycles. The monoisotopic (exact) mass is 648 g/mol. The minimum atomic E-state index is -2.30. The van der Waals surface area contributed by atoms with E-state index in [1.807, 2.05) is 30.8 Å². The second-order valence-corrected chi connectivity index (χ2v) is 13.2. The predicted octanol–water partition coefficient (Wildman–Crippen LogP) is 7.21. The first kappa shape index (κ1) is 40.5. The minimum absolute atomic E-state index is 0.0851. The summed E-state index contributed by atoms with van der Waals surface area (Å²) >= 11 is 2.03. The van der Waals surface area contributed by atoms with Gasteiger partial charge in [-0.2, -0.15) is 11.8 Å². The van der Waals surface area contributed by atoms with E-state index in [9.17, 15) is 24.6 Å². The largest absolute Gasteiger partial charge is 0.494 e. The van der Waals surface area contributed by atoms with Gasteiger partial charge in [0, 0.05) is 6.42 Å². The number of amides is 2. The quantitative estimate of drug-likeness (QED) is 0.0556. The number of rotatable bonds is 28. The molecule has 5 N–H and O–H groups in total. The van der Waals surface area contributed by atoms with Gasteiger partial charge in [-0.15, -0.1) is 0 Å². The number of hydrogen-bond acceptors (Lipinski definition) is 6. The summed E-state index contributed by atoms with van der Waals surface area (Å²) in [6.07, 6.45) is 17.9. The van der Waals surface area contributed by atoms with Gasteiger partial charge >= 0.3 is 5.97 Å². The third kappa shape index (κ3) is 17.1. The molecule has 0 fully saturated rings. The smallest absolute Gasteiger partial charge is 0.336 e. The molecule has 0 saturated carbocycles. The second kappa shape index (κ2) is 24.7. The number of allylic oxidation sites excluding steroid dienone is 1. The minimum Gasteiger partial charge on any atom is -0.494 e. The molecule has 3 atom stereocenters. The molecule has 0 bridgehead atoms. The van der Waals surface area contributed by atoms with Crippen molar-refractivity contribution in [3.05, 3.63) is 42.0 Å². The molecule has 0 spiro atoms. The van der Waals surface area contributed by atoms with Gasteiger partial charge < -0.3 is 26.0 Å². The van der Waals surface area contributed by atoms with Crippen LogP contribution >= 0.6 is 11.8 Å². The average Bonchev–Trinajstić information content (AvgIpc) is 3.02. The number of ether oxygens (including phenoxy) is 1. The van der Waals surface area contributed by atoms with Crippen molar-refractivity contribution >= 4 is 29.5 Å². The summed E-state index contributed by atoms with van der Waals surface area (Å²) in [4.78, 5) is 38.1. The van der Waals surface area contributed by atoms with Crippen LogP contribution < -0.4 is 15.8 Å². The predicted molar refractivity (Wildman–Crippen MR) is 186 cm³/mol. The standard InChI is InChI=1S/C36H60N2O6S/c1-4-7-10-14-17-26-45-27-18-15-12-11-13-16-19-31(36(43,35(41)42)24-8-5-2)34(40)38-32(33(37)39)28-29-20-22-30(23-21-29)44-25-9-6-3/h16,19-23,31-32,43H,4-15,17-18,24-28H2,1-3H3,(H2,37,39)(H,38,40)(H,41,42)/t31-,32+,36+/m1/s1. The first-order valence-corrected chi connectivity index (χ1v) is 18.4. The Hall–Kier alpha value is -2.52. The van der Waals surface area contributed by atoms with Gasteiger partial charge in [-0.1, -0.05) is 103 Å². The zero-order valence-corrected chi connectivity index (χ0v) is 28.9. The number of primary amides is 1. The summed E-state index contributed by atoms with van der Waals surface area (Å²) in [7, 11) is 0. The SMILES string of the molecule is CCCCCCCSCCCCCCC=C[C@H](C(=O)N[C@@H](Cc1ccc(OCCCC)cc1)C(N)=O)[C@@](O)(CCCC)C(=O)O. The average molecular weight is 649 g/mol. The summed E-state index contributed by atoms with van der Waals surface area (Å²) in [6.45, 7) is 6.83. The number of nitrogens with one attached hydrogen (secondary N) is 1. The van der Waals surface area contributed by atoms with Gasteiger partial charge in [-0.25, -0.2) is 4.79 Å². The molecule has 9 heteroatoms. The number of carboxylic acids is 1. The molecule has 0 radical (unpaired) electrons. The number of carbonyl (C=O) groups is 3. The van der Waals surface area contributed by atoms with Crippen LogP contribution in [0.25, 0.3) is 0 Å². The van der Waals surface area contributed by atoms with Crippen LogP contribution in [0.15, 0.2) is 36.4 Å². The highest BCUT2D eigenvalue weighted by Gasteiger charge is 2.46. The highest BCUT2D eigenvalue weighted by Crippen LogP contribution is 2.27. The molecule has 0 aromatic heterocycles. The van der Waals surface area contributed by atoms with Crippen LogP contribution in [0.1, 0.15) is 123 Å². The Balaban J connectivity index is 2.77. The van der Waals surface area contributed by atoms with Gasteiger partial charge in [0.2, 0.25) is 11.8 Å². The number of aliphatic hydroxyl groups is 1. The molecule has 256 valence electrons. The van der Waals surface area contributed by atoms with Gasteiger partial charge in [0.25, 0.3) is 0 Å². The van der Waals surface area contributed by atoms with E-state index < -0.39 is 35.3 Å². The van der Waals surface area contributed by atoms with E-state index >= 15 is 0 Å². The molecule has 1 aromatic rings. The van der Waals surface area contributed by atoms with Crippen molar-refractivity contribution in [1.29, 1.82) is 0 Å². The van der Waals surface area contributed by atoms with Crippen LogP contribution in [-0.2, 0) is 20.8 Å². The number of carboxylic acid groups (broad SMARTS) is 1. The number of benzene rings is 1.